The summed E-state index contributed by atoms with van der Waals surface area (Å²) in [5, 5.41) is 10.8. The number of primary amides is 1. The van der Waals surface area contributed by atoms with Crippen molar-refractivity contribution in [3.05, 3.63) is 47.9 Å². The maximum atomic E-state index is 10.8. The van der Waals surface area contributed by atoms with E-state index in [-0.39, 0.29) is 11.7 Å². The van der Waals surface area contributed by atoms with Gasteiger partial charge in [-0.2, -0.15) is 0 Å². The van der Waals surface area contributed by atoms with Crippen molar-refractivity contribution in [1.29, 1.82) is 0 Å². The number of aromatic nitrogens is 3. The first-order valence-corrected chi connectivity index (χ1v) is 5.47. The molecule has 0 aromatic carbocycles. The molecule has 0 aliphatic rings. The fourth-order valence-corrected chi connectivity index (χ4v) is 1.50. The molecule has 0 fully saturated rings. The van der Waals surface area contributed by atoms with E-state index >= 15 is 0 Å². The van der Waals surface area contributed by atoms with Gasteiger partial charge in [-0.1, -0.05) is 0 Å². The van der Waals surface area contributed by atoms with Crippen molar-refractivity contribution in [2.24, 2.45) is 5.73 Å². The molecule has 6 nitrogen and oxygen atoms in total. The molecule has 2 aromatic heterocycles. The molecule has 0 spiro atoms. The summed E-state index contributed by atoms with van der Waals surface area (Å²) in [5.41, 5.74) is 6.33. The third kappa shape index (κ3) is 2.79. The molecule has 3 N–H and O–H groups in total. The van der Waals surface area contributed by atoms with Gasteiger partial charge in [0, 0.05) is 12.4 Å². The molecule has 6 heteroatoms. The molecule has 0 aliphatic carbocycles. The molecule has 0 radical (unpaired) electrons. The predicted octanol–water partition coefficient (Wildman–Crippen LogP) is 1.14. The maximum absolute atomic E-state index is 10.8. The lowest BCUT2D eigenvalue weighted by Crippen LogP contribution is -2.15. The van der Waals surface area contributed by atoms with Gasteiger partial charge in [0.25, 0.3) is 5.91 Å². The third-order valence-electron chi connectivity index (χ3n) is 2.49. The van der Waals surface area contributed by atoms with Crippen molar-refractivity contribution in [3.8, 4) is 0 Å². The lowest BCUT2D eigenvalue weighted by atomic mass is 10.1. The van der Waals surface area contributed by atoms with Crippen LogP contribution in [0.5, 0.6) is 0 Å². The van der Waals surface area contributed by atoms with E-state index in [0.29, 0.717) is 5.82 Å². The predicted molar refractivity (Wildman–Crippen MR) is 66.8 cm³/mol. The number of amides is 1. The van der Waals surface area contributed by atoms with E-state index in [4.69, 9.17) is 5.73 Å². The largest absolute Gasteiger partial charge is 0.364 e. The Labute approximate surface area is 104 Å². The maximum Gasteiger partial charge on any atom is 0.269 e. The van der Waals surface area contributed by atoms with Crippen LogP contribution in [0.1, 0.15) is 29.0 Å². The van der Waals surface area contributed by atoms with Gasteiger partial charge in [0.15, 0.2) is 5.69 Å². The van der Waals surface area contributed by atoms with Gasteiger partial charge in [-0.05, 0) is 36.8 Å². The van der Waals surface area contributed by atoms with Crippen LogP contribution in [0.4, 0.5) is 5.82 Å². The molecule has 0 saturated heterocycles. The summed E-state index contributed by atoms with van der Waals surface area (Å²) in [4.78, 5) is 14.8. The van der Waals surface area contributed by atoms with Crippen LogP contribution in [0, 0.1) is 0 Å². The van der Waals surface area contributed by atoms with E-state index in [0.717, 1.165) is 5.56 Å². The van der Waals surface area contributed by atoms with Crippen LogP contribution in [0.15, 0.2) is 36.7 Å². The summed E-state index contributed by atoms with van der Waals surface area (Å²) in [5.74, 6) is 0.000504. The van der Waals surface area contributed by atoms with Gasteiger partial charge in [0.2, 0.25) is 0 Å². The standard InChI is InChI=1S/C12H13N5O/c1-8(9-4-6-14-7-5-9)15-11-3-2-10(12(13)18)16-17-11/h2-8H,1H3,(H2,13,18)(H,15,17). The van der Waals surface area contributed by atoms with E-state index in [2.05, 4.69) is 20.5 Å². The molecule has 18 heavy (non-hydrogen) atoms. The first-order chi connectivity index (χ1) is 8.66. The molecule has 2 rings (SSSR count). The number of hydrogen-bond donors (Lipinski definition) is 2. The van der Waals surface area contributed by atoms with Crippen molar-refractivity contribution < 1.29 is 4.79 Å². The van der Waals surface area contributed by atoms with Crippen molar-refractivity contribution in [3.63, 3.8) is 0 Å². The van der Waals surface area contributed by atoms with Gasteiger partial charge >= 0.3 is 0 Å². The number of hydrogen-bond acceptors (Lipinski definition) is 5. The Balaban J connectivity index is 2.08. The van der Waals surface area contributed by atoms with Crippen molar-refractivity contribution in [2.75, 3.05) is 5.32 Å². The van der Waals surface area contributed by atoms with Crippen LogP contribution >= 0.6 is 0 Å². The van der Waals surface area contributed by atoms with E-state index in [1.54, 1.807) is 18.5 Å². The Morgan fingerprint density at radius 3 is 2.50 bits per heavy atom. The minimum Gasteiger partial charge on any atom is -0.364 e. The number of carbonyl (C=O) groups excluding carboxylic acids is 1. The molecule has 0 aliphatic heterocycles. The summed E-state index contributed by atoms with van der Waals surface area (Å²) in [7, 11) is 0. The summed E-state index contributed by atoms with van der Waals surface area (Å²) < 4.78 is 0. The van der Waals surface area contributed by atoms with Gasteiger partial charge in [0.05, 0.1) is 6.04 Å². The molecule has 92 valence electrons. The van der Waals surface area contributed by atoms with Crippen molar-refractivity contribution >= 4 is 11.7 Å². The third-order valence-corrected chi connectivity index (χ3v) is 2.49. The molecule has 2 aromatic rings. The van der Waals surface area contributed by atoms with Crippen LogP contribution < -0.4 is 11.1 Å². The quantitative estimate of drug-likeness (QED) is 0.839. The summed E-state index contributed by atoms with van der Waals surface area (Å²) in [6, 6.07) is 7.12. The molecular formula is C12H13N5O. The topological polar surface area (TPSA) is 93.8 Å². The van der Waals surface area contributed by atoms with Crippen LogP contribution in [0.3, 0.4) is 0 Å². The zero-order valence-corrected chi connectivity index (χ0v) is 9.87. The molecular weight excluding hydrogens is 230 g/mol. The summed E-state index contributed by atoms with van der Waals surface area (Å²) in [6.45, 7) is 2.00. The van der Waals surface area contributed by atoms with E-state index < -0.39 is 5.91 Å². The number of nitrogens with zero attached hydrogens (tertiary/aromatic N) is 3. The summed E-state index contributed by atoms with van der Waals surface area (Å²) in [6.07, 6.45) is 3.46. The Morgan fingerprint density at radius 2 is 1.94 bits per heavy atom. The van der Waals surface area contributed by atoms with Crippen LogP contribution in [-0.4, -0.2) is 21.1 Å². The minimum atomic E-state index is -0.587. The number of rotatable bonds is 4. The van der Waals surface area contributed by atoms with Crippen molar-refractivity contribution in [1.82, 2.24) is 15.2 Å². The zero-order valence-electron chi connectivity index (χ0n) is 9.87. The fraction of sp³-hybridized carbons (Fsp3) is 0.167. The fourth-order valence-electron chi connectivity index (χ4n) is 1.50. The number of pyridine rings is 1. The highest BCUT2D eigenvalue weighted by molar-refractivity contribution is 5.90. The highest BCUT2D eigenvalue weighted by atomic mass is 16.1. The first kappa shape index (κ1) is 12.0. The highest BCUT2D eigenvalue weighted by Gasteiger charge is 2.07. The zero-order chi connectivity index (χ0) is 13.0. The monoisotopic (exact) mass is 243 g/mol. The van der Waals surface area contributed by atoms with E-state index in [1.807, 2.05) is 19.1 Å². The molecule has 1 atom stereocenters. The number of anilines is 1. The van der Waals surface area contributed by atoms with Crippen LogP contribution in [0.25, 0.3) is 0 Å². The number of carbonyl (C=O) groups is 1. The SMILES string of the molecule is CC(Nc1ccc(C(N)=O)nn1)c1ccncc1. The van der Waals surface area contributed by atoms with E-state index in [9.17, 15) is 4.79 Å². The smallest absolute Gasteiger partial charge is 0.269 e. The second-order valence-corrected chi connectivity index (χ2v) is 3.81. The average Bonchev–Trinajstić information content (AvgIpc) is 2.40. The second-order valence-electron chi connectivity index (χ2n) is 3.81. The van der Waals surface area contributed by atoms with Crippen LogP contribution in [0.2, 0.25) is 0 Å². The number of nitrogens with one attached hydrogen (secondary N) is 1. The van der Waals surface area contributed by atoms with Gasteiger partial charge in [-0.3, -0.25) is 9.78 Å². The number of nitrogens with two attached hydrogens (primary N) is 1. The van der Waals surface area contributed by atoms with Gasteiger partial charge in [0.1, 0.15) is 5.82 Å². The average molecular weight is 243 g/mol. The Morgan fingerprint density at radius 1 is 1.22 bits per heavy atom. The Kier molecular flexibility index (Phi) is 3.47. The normalized spacial score (nSPS) is 11.8. The molecule has 1 amide bonds. The second kappa shape index (κ2) is 5.22. The van der Waals surface area contributed by atoms with Crippen LogP contribution in [-0.2, 0) is 0 Å². The molecule has 2 heterocycles. The lowest BCUT2D eigenvalue weighted by molar-refractivity contribution is 0.0994. The molecule has 0 bridgehead atoms. The minimum absolute atomic E-state index is 0.0710. The molecule has 1 unspecified atom stereocenters. The summed E-state index contributed by atoms with van der Waals surface area (Å²) >= 11 is 0. The lowest BCUT2D eigenvalue weighted by Gasteiger charge is -2.13. The van der Waals surface area contributed by atoms with Gasteiger partial charge in [-0.15, -0.1) is 10.2 Å². The van der Waals surface area contributed by atoms with Gasteiger partial charge in [-0.25, -0.2) is 0 Å². The Hall–Kier alpha value is -2.50. The molecule has 0 saturated carbocycles. The first-order valence-electron chi connectivity index (χ1n) is 5.47. The van der Waals surface area contributed by atoms with Gasteiger partial charge < -0.3 is 11.1 Å². The Bertz CT molecular complexity index is 526. The van der Waals surface area contributed by atoms with Crippen molar-refractivity contribution in [2.45, 2.75) is 13.0 Å². The van der Waals surface area contributed by atoms with E-state index in [1.165, 1.54) is 6.07 Å². The highest BCUT2D eigenvalue weighted by Crippen LogP contribution is 2.16.